The van der Waals surface area contributed by atoms with Crippen molar-refractivity contribution in [3.05, 3.63) is 99.7 Å². The Hall–Kier alpha value is -2.65. The average molecular weight is 334 g/mol. The van der Waals surface area contributed by atoms with Crippen LogP contribution in [-0.4, -0.2) is 5.78 Å². The van der Waals surface area contributed by atoms with E-state index in [0.717, 1.165) is 22.6 Å². The van der Waals surface area contributed by atoms with Gasteiger partial charge in [-0.2, -0.15) is 0 Å². The van der Waals surface area contributed by atoms with Crippen molar-refractivity contribution in [3.63, 3.8) is 0 Å². The third-order valence-corrected chi connectivity index (χ3v) is 4.64. The lowest BCUT2D eigenvalue weighted by atomic mass is 10.1. The third-order valence-electron chi connectivity index (χ3n) is 3.54. The molecule has 0 atom stereocenters. The number of furan rings is 1. The Labute approximate surface area is 145 Å². The molecule has 2 aromatic heterocycles. The lowest BCUT2D eigenvalue weighted by Gasteiger charge is -1.97. The fourth-order valence-corrected chi connectivity index (χ4v) is 3.30. The summed E-state index contributed by atoms with van der Waals surface area (Å²) in [5, 5.41) is 0. The molecule has 120 valence electrons. The van der Waals surface area contributed by atoms with Gasteiger partial charge in [0.05, 0.1) is 11.1 Å². The van der Waals surface area contributed by atoms with Crippen LogP contribution in [0.25, 0.3) is 6.08 Å². The highest BCUT2D eigenvalue weighted by atomic mass is 32.1. The molecule has 0 bridgehead atoms. The minimum absolute atomic E-state index is 0.0338. The summed E-state index contributed by atoms with van der Waals surface area (Å²) in [6.07, 6.45) is 7.83. The van der Waals surface area contributed by atoms with Crippen molar-refractivity contribution in [2.24, 2.45) is 0 Å². The van der Waals surface area contributed by atoms with Crippen LogP contribution in [0.4, 0.5) is 0 Å². The second kappa shape index (κ2) is 7.75. The van der Waals surface area contributed by atoms with Crippen LogP contribution in [0.1, 0.15) is 32.8 Å². The largest absolute Gasteiger partial charge is 0.465 e. The normalized spacial score (nSPS) is 12.0. The Morgan fingerprint density at radius 2 is 1.88 bits per heavy atom. The van der Waals surface area contributed by atoms with Gasteiger partial charge in [-0.05, 0) is 54.5 Å². The molecule has 2 heterocycles. The van der Waals surface area contributed by atoms with E-state index in [0.29, 0.717) is 0 Å². The SMILES string of the molecule is CC(/C=C/C(=O)c1ccc(Cc2ccccc2)s1)=C\c1ccco1. The van der Waals surface area contributed by atoms with Gasteiger partial charge in [-0.3, -0.25) is 4.79 Å². The van der Waals surface area contributed by atoms with Gasteiger partial charge in [0.15, 0.2) is 5.78 Å². The van der Waals surface area contributed by atoms with Crippen molar-refractivity contribution in [1.82, 2.24) is 0 Å². The van der Waals surface area contributed by atoms with Crippen molar-refractivity contribution in [1.29, 1.82) is 0 Å². The molecular formula is C21H18O2S. The molecule has 0 saturated carbocycles. The van der Waals surface area contributed by atoms with Crippen molar-refractivity contribution in [3.8, 4) is 0 Å². The molecule has 3 aromatic rings. The van der Waals surface area contributed by atoms with Gasteiger partial charge in [-0.1, -0.05) is 36.4 Å². The maximum Gasteiger partial charge on any atom is 0.195 e. The maximum absolute atomic E-state index is 12.3. The Bertz CT molecular complexity index is 852. The van der Waals surface area contributed by atoms with E-state index >= 15 is 0 Å². The van der Waals surface area contributed by atoms with Gasteiger partial charge in [0.25, 0.3) is 0 Å². The van der Waals surface area contributed by atoms with E-state index in [1.807, 2.05) is 61.5 Å². The first-order valence-electron chi connectivity index (χ1n) is 7.77. The molecule has 3 heteroatoms. The van der Waals surface area contributed by atoms with Crippen LogP contribution >= 0.6 is 11.3 Å². The van der Waals surface area contributed by atoms with E-state index in [4.69, 9.17) is 4.42 Å². The van der Waals surface area contributed by atoms with Crippen molar-refractivity contribution in [2.45, 2.75) is 13.3 Å². The van der Waals surface area contributed by atoms with E-state index in [1.165, 1.54) is 10.4 Å². The summed E-state index contributed by atoms with van der Waals surface area (Å²) < 4.78 is 5.26. The summed E-state index contributed by atoms with van der Waals surface area (Å²) >= 11 is 1.55. The van der Waals surface area contributed by atoms with Gasteiger partial charge >= 0.3 is 0 Å². The molecule has 0 radical (unpaired) electrons. The lowest BCUT2D eigenvalue weighted by Crippen LogP contribution is -1.89. The zero-order valence-electron chi connectivity index (χ0n) is 13.4. The highest BCUT2D eigenvalue weighted by Crippen LogP contribution is 2.21. The Morgan fingerprint density at radius 1 is 1.04 bits per heavy atom. The number of ketones is 1. The summed E-state index contributed by atoms with van der Waals surface area (Å²) in [6, 6.07) is 17.9. The first-order chi connectivity index (χ1) is 11.7. The van der Waals surface area contributed by atoms with Crippen LogP contribution < -0.4 is 0 Å². The molecule has 0 fully saturated rings. The molecule has 0 aliphatic heterocycles. The number of rotatable bonds is 6. The Kier molecular flexibility index (Phi) is 5.24. The number of allylic oxidation sites excluding steroid dienone is 3. The number of carbonyl (C=O) groups is 1. The molecule has 0 aliphatic carbocycles. The topological polar surface area (TPSA) is 30.2 Å². The van der Waals surface area contributed by atoms with Crippen LogP contribution in [0.15, 0.2) is 83.0 Å². The van der Waals surface area contributed by atoms with Crippen LogP contribution in [0, 0.1) is 0 Å². The van der Waals surface area contributed by atoms with Crippen LogP contribution in [-0.2, 0) is 6.42 Å². The Balaban J connectivity index is 1.64. The molecular weight excluding hydrogens is 316 g/mol. The lowest BCUT2D eigenvalue weighted by molar-refractivity contribution is 0.105. The van der Waals surface area contributed by atoms with Crippen molar-refractivity contribution >= 4 is 23.2 Å². The number of carbonyl (C=O) groups excluding carboxylic acids is 1. The smallest absolute Gasteiger partial charge is 0.195 e. The highest BCUT2D eigenvalue weighted by Gasteiger charge is 2.07. The fourth-order valence-electron chi connectivity index (χ4n) is 2.34. The molecule has 0 spiro atoms. The average Bonchev–Trinajstić information content (AvgIpc) is 3.26. The molecule has 0 amide bonds. The zero-order valence-corrected chi connectivity index (χ0v) is 14.3. The number of thiophene rings is 1. The van der Waals surface area contributed by atoms with Crippen LogP contribution in [0.2, 0.25) is 0 Å². The molecule has 0 aliphatic rings. The standard InChI is InChI=1S/C21H18O2S/c1-16(14-18-8-5-13-23-18)9-11-20(22)21-12-10-19(24-21)15-17-6-3-2-4-7-17/h2-14H,15H2,1H3/b11-9+,16-14+. The van der Waals surface area contributed by atoms with Gasteiger partial charge in [0, 0.05) is 11.3 Å². The zero-order chi connectivity index (χ0) is 16.8. The minimum atomic E-state index is 0.0338. The summed E-state index contributed by atoms with van der Waals surface area (Å²) in [7, 11) is 0. The van der Waals surface area contributed by atoms with E-state index in [9.17, 15) is 4.79 Å². The Morgan fingerprint density at radius 3 is 2.62 bits per heavy atom. The van der Waals surface area contributed by atoms with Gasteiger partial charge < -0.3 is 4.42 Å². The molecule has 1 aromatic carbocycles. The van der Waals surface area contributed by atoms with Gasteiger partial charge in [0.2, 0.25) is 0 Å². The summed E-state index contributed by atoms with van der Waals surface area (Å²) in [5.41, 5.74) is 2.23. The number of benzene rings is 1. The summed E-state index contributed by atoms with van der Waals surface area (Å²) in [6.45, 7) is 1.95. The van der Waals surface area contributed by atoms with E-state index in [-0.39, 0.29) is 5.78 Å². The van der Waals surface area contributed by atoms with E-state index in [2.05, 4.69) is 12.1 Å². The van der Waals surface area contributed by atoms with Crippen molar-refractivity contribution < 1.29 is 9.21 Å². The molecule has 24 heavy (non-hydrogen) atoms. The fraction of sp³-hybridized carbons (Fsp3) is 0.0952. The number of hydrogen-bond acceptors (Lipinski definition) is 3. The molecule has 0 saturated heterocycles. The second-order valence-electron chi connectivity index (χ2n) is 5.53. The predicted molar refractivity (Wildman–Crippen MR) is 99.4 cm³/mol. The van der Waals surface area contributed by atoms with Crippen LogP contribution in [0.3, 0.4) is 0 Å². The van der Waals surface area contributed by atoms with Gasteiger partial charge in [-0.25, -0.2) is 0 Å². The quantitative estimate of drug-likeness (QED) is 0.325. The predicted octanol–water partition coefficient (Wildman–Crippen LogP) is 5.77. The monoisotopic (exact) mass is 334 g/mol. The third kappa shape index (κ3) is 4.43. The maximum atomic E-state index is 12.3. The van der Waals surface area contributed by atoms with Gasteiger partial charge in [-0.15, -0.1) is 11.3 Å². The molecule has 0 N–H and O–H groups in total. The van der Waals surface area contributed by atoms with E-state index < -0.39 is 0 Å². The highest BCUT2D eigenvalue weighted by molar-refractivity contribution is 7.14. The second-order valence-corrected chi connectivity index (χ2v) is 6.70. The number of hydrogen-bond donors (Lipinski definition) is 0. The van der Waals surface area contributed by atoms with Crippen LogP contribution in [0.5, 0.6) is 0 Å². The van der Waals surface area contributed by atoms with Crippen molar-refractivity contribution in [2.75, 3.05) is 0 Å². The summed E-state index contributed by atoms with van der Waals surface area (Å²) in [5.74, 6) is 0.817. The first kappa shape index (κ1) is 16.2. The minimum Gasteiger partial charge on any atom is -0.465 e. The molecule has 0 unspecified atom stereocenters. The molecule has 2 nitrogen and oxygen atoms in total. The van der Waals surface area contributed by atoms with E-state index in [1.54, 1.807) is 23.7 Å². The summed E-state index contributed by atoms with van der Waals surface area (Å²) in [4.78, 5) is 14.3. The molecule has 3 rings (SSSR count). The first-order valence-corrected chi connectivity index (χ1v) is 8.59. The van der Waals surface area contributed by atoms with Gasteiger partial charge in [0.1, 0.15) is 5.76 Å².